The Morgan fingerprint density at radius 3 is 2.48 bits per heavy atom. The van der Waals surface area contributed by atoms with Crippen molar-refractivity contribution in [2.75, 3.05) is 7.11 Å². The number of hydrogen-bond acceptors (Lipinski definition) is 3. The van der Waals surface area contributed by atoms with Gasteiger partial charge in [-0.2, -0.15) is 0 Å². The van der Waals surface area contributed by atoms with Crippen molar-refractivity contribution in [1.29, 1.82) is 0 Å². The zero-order valence-corrected chi connectivity index (χ0v) is 16.3. The molecule has 1 atom stereocenters. The molecular formula is C19H28O3Si. The van der Waals surface area contributed by atoms with Crippen molar-refractivity contribution in [1.82, 2.24) is 0 Å². The van der Waals surface area contributed by atoms with E-state index in [0.29, 0.717) is 6.42 Å². The Morgan fingerprint density at radius 2 is 1.91 bits per heavy atom. The Hall–Kier alpha value is -1.55. The summed E-state index contributed by atoms with van der Waals surface area (Å²) in [7, 11) is -0.408. The Bertz CT molecular complexity index is 639. The van der Waals surface area contributed by atoms with Crippen LogP contribution in [0.4, 0.5) is 0 Å². The van der Waals surface area contributed by atoms with Crippen molar-refractivity contribution in [3.63, 3.8) is 0 Å². The number of hydrogen-bond donors (Lipinski definition) is 0. The molecule has 0 aromatic heterocycles. The summed E-state index contributed by atoms with van der Waals surface area (Å²) in [5.74, 6) is 0.870. The Kier molecular flexibility index (Phi) is 4.76. The van der Waals surface area contributed by atoms with E-state index >= 15 is 0 Å². The lowest BCUT2D eigenvalue weighted by Gasteiger charge is -2.36. The first-order chi connectivity index (χ1) is 10.5. The molecule has 1 aromatic carbocycles. The summed E-state index contributed by atoms with van der Waals surface area (Å²) < 4.78 is 11.2. The van der Waals surface area contributed by atoms with Gasteiger partial charge in [0.25, 0.3) is 0 Å². The first kappa shape index (κ1) is 17.8. The van der Waals surface area contributed by atoms with Gasteiger partial charge in [-0.1, -0.05) is 32.9 Å². The lowest BCUT2D eigenvalue weighted by molar-refractivity contribution is -0.140. The van der Waals surface area contributed by atoms with Gasteiger partial charge in [0.2, 0.25) is 8.32 Å². The van der Waals surface area contributed by atoms with Crippen LogP contribution in [0.3, 0.4) is 0 Å². The minimum absolute atomic E-state index is 0.111. The predicted molar refractivity (Wildman–Crippen MR) is 97.3 cm³/mol. The normalized spacial score (nSPS) is 17.5. The third-order valence-electron chi connectivity index (χ3n) is 5.09. The number of ether oxygens (including phenoxy) is 1. The summed E-state index contributed by atoms with van der Waals surface area (Å²) in [6.07, 6.45) is 2.54. The van der Waals surface area contributed by atoms with E-state index in [9.17, 15) is 4.79 Å². The fourth-order valence-electron chi connectivity index (χ4n) is 2.62. The second-order valence-electron chi connectivity index (χ2n) is 7.85. The molecule has 0 heterocycles. The number of benzene rings is 1. The standard InChI is InChI=1S/C19H28O3Si/c1-13-10-14(11-18(20)21-5)16-9-8-15(12-17(13)16)22-23(6,7)19(2,3)4/h8-10,12,14H,11H2,1-7H3. The quantitative estimate of drug-likeness (QED) is 0.566. The third-order valence-corrected chi connectivity index (χ3v) is 9.45. The lowest BCUT2D eigenvalue weighted by atomic mass is 9.97. The zero-order valence-electron chi connectivity index (χ0n) is 15.3. The highest BCUT2D eigenvalue weighted by molar-refractivity contribution is 6.74. The first-order valence-corrected chi connectivity index (χ1v) is 11.0. The topological polar surface area (TPSA) is 35.5 Å². The van der Waals surface area contributed by atoms with E-state index in [-0.39, 0.29) is 16.9 Å². The van der Waals surface area contributed by atoms with Crippen LogP contribution in [-0.4, -0.2) is 21.4 Å². The molecule has 3 nitrogen and oxygen atoms in total. The van der Waals surface area contributed by atoms with E-state index in [1.54, 1.807) is 0 Å². The summed E-state index contributed by atoms with van der Waals surface area (Å²) in [5.41, 5.74) is 3.58. The summed E-state index contributed by atoms with van der Waals surface area (Å²) in [6.45, 7) is 13.3. The van der Waals surface area contributed by atoms with Gasteiger partial charge in [-0.15, -0.1) is 0 Å². The van der Waals surface area contributed by atoms with Gasteiger partial charge < -0.3 is 9.16 Å². The molecule has 126 valence electrons. The number of carbonyl (C=O) groups excluding carboxylic acids is 1. The van der Waals surface area contributed by atoms with Crippen molar-refractivity contribution in [3.05, 3.63) is 35.4 Å². The monoisotopic (exact) mass is 332 g/mol. The summed E-state index contributed by atoms with van der Waals surface area (Å²) in [5, 5.41) is 0.171. The first-order valence-electron chi connectivity index (χ1n) is 8.14. The molecule has 0 amide bonds. The number of allylic oxidation sites excluding steroid dienone is 2. The largest absolute Gasteiger partial charge is 0.543 e. The number of carbonyl (C=O) groups is 1. The van der Waals surface area contributed by atoms with E-state index in [1.807, 2.05) is 6.07 Å². The van der Waals surface area contributed by atoms with E-state index in [2.05, 4.69) is 59.0 Å². The maximum atomic E-state index is 11.6. The van der Waals surface area contributed by atoms with Crippen LogP contribution in [0.1, 0.15) is 51.2 Å². The maximum Gasteiger partial charge on any atom is 0.306 e. The molecular weight excluding hydrogens is 304 g/mol. The Balaban J connectivity index is 2.26. The minimum Gasteiger partial charge on any atom is -0.543 e. The molecule has 1 aliphatic rings. The second-order valence-corrected chi connectivity index (χ2v) is 12.6. The van der Waals surface area contributed by atoms with Gasteiger partial charge in [0.1, 0.15) is 5.75 Å². The van der Waals surface area contributed by atoms with E-state index in [4.69, 9.17) is 9.16 Å². The smallest absolute Gasteiger partial charge is 0.306 e. The van der Waals surface area contributed by atoms with Crippen LogP contribution in [-0.2, 0) is 9.53 Å². The minimum atomic E-state index is -1.84. The van der Waals surface area contributed by atoms with E-state index in [1.165, 1.54) is 23.8 Å². The molecule has 4 heteroatoms. The Labute approximate surface area is 140 Å². The molecule has 1 aliphatic carbocycles. The predicted octanol–water partition coefficient (Wildman–Crippen LogP) is 5.13. The van der Waals surface area contributed by atoms with Gasteiger partial charge in [-0.3, -0.25) is 4.79 Å². The van der Waals surface area contributed by atoms with Crippen molar-refractivity contribution >= 4 is 19.9 Å². The van der Waals surface area contributed by atoms with E-state index in [0.717, 1.165) is 5.75 Å². The molecule has 0 radical (unpaired) electrons. The van der Waals surface area contributed by atoms with Crippen LogP contribution < -0.4 is 4.43 Å². The maximum absolute atomic E-state index is 11.6. The molecule has 2 rings (SSSR count). The lowest BCUT2D eigenvalue weighted by Crippen LogP contribution is -2.43. The summed E-state index contributed by atoms with van der Waals surface area (Å²) in [4.78, 5) is 11.6. The second kappa shape index (κ2) is 6.15. The van der Waals surface area contributed by atoms with Gasteiger partial charge in [0, 0.05) is 5.92 Å². The molecule has 1 aromatic rings. The number of methoxy groups -OCH3 is 1. The number of fused-ring (bicyclic) bond motifs is 1. The SMILES string of the molecule is COC(=O)CC1C=C(C)c2cc(O[Si](C)(C)C(C)(C)C)ccc21. The van der Waals surface area contributed by atoms with Gasteiger partial charge in [-0.05, 0) is 53.9 Å². The van der Waals surface area contributed by atoms with Gasteiger partial charge >= 0.3 is 5.97 Å². The van der Waals surface area contributed by atoms with Crippen molar-refractivity contribution < 1.29 is 14.0 Å². The highest BCUT2D eigenvalue weighted by atomic mass is 28.4. The van der Waals surface area contributed by atoms with Crippen LogP contribution >= 0.6 is 0 Å². The highest BCUT2D eigenvalue weighted by Crippen LogP contribution is 2.42. The van der Waals surface area contributed by atoms with Crippen LogP contribution in [0.5, 0.6) is 5.75 Å². The zero-order chi connectivity index (χ0) is 17.4. The fraction of sp³-hybridized carbons (Fsp3) is 0.526. The molecule has 0 N–H and O–H groups in total. The van der Waals surface area contributed by atoms with Crippen molar-refractivity contribution in [2.45, 2.75) is 58.2 Å². The molecule has 0 saturated heterocycles. The van der Waals surface area contributed by atoms with Crippen LogP contribution in [0.25, 0.3) is 5.57 Å². The van der Waals surface area contributed by atoms with Crippen molar-refractivity contribution in [2.24, 2.45) is 0 Å². The summed E-state index contributed by atoms with van der Waals surface area (Å²) >= 11 is 0. The van der Waals surface area contributed by atoms with Crippen LogP contribution in [0.2, 0.25) is 18.1 Å². The molecule has 0 bridgehead atoms. The van der Waals surface area contributed by atoms with Crippen LogP contribution in [0, 0.1) is 0 Å². The average molecular weight is 333 g/mol. The number of esters is 1. The van der Waals surface area contributed by atoms with Gasteiger partial charge in [0.15, 0.2) is 0 Å². The molecule has 0 fully saturated rings. The molecule has 0 spiro atoms. The summed E-state index contributed by atoms with van der Waals surface area (Å²) in [6, 6.07) is 6.26. The highest BCUT2D eigenvalue weighted by Gasteiger charge is 2.39. The average Bonchev–Trinajstić information content (AvgIpc) is 2.73. The van der Waals surface area contributed by atoms with Crippen LogP contribution in [0.15, 0.2) is 24.3 Å². The number of rotatable bonds is 4. The Morgan fingerprint density at radius 1 is 1.26 bits per heavy atom. The fourth-order valence-corrected chi connectivity index (χ4v) is 3.65. The van der Waals surface area contributed by atoms with Gasteiger partial charge in [0.05, 0.1) is 13.5 Å². The third kappa shape index (κ3) is 3.69. The van der Waals surface area contributed by atoms with Gasteiger partial charge in [-0.25, -0.2) is 0 Å². The molecule has 0 aliphatic heterocycles. The molecule has 1 unspecified atom stereocenters. The van der Waals surface area contributed by atoms with Crippen molar-refractivity contribution in [3.8, 4) is 5.75 Å². The molecule has 23 heavy (non-hydrogen) atoms. The molecule has 0 saturated carbocycles. The van der Waals surface area contributed by atoms with E-state index < -0.39 is 8.32 Å².